The summed E-state index contributed by atoms with van der Waals surface area (Å²) >= 11 is 0. The number of carbonyl (C=O) groups is 2. The summed E-state index contributed by atoms with van der Waals surface area (Å²) in [6, 6.07) is 8.76. The number of nitrogens with one attached hydrogen (secondary N) is 2. The number of carbonyl (C=O) groups excluding carboxylic acids is 2. The van der Waals surface area contributed by atoms with Crippen molar-refractivity contribution >= 4 is 11.9 Å². The van der Waals surface area contributed by atoms with Gasteiger partial charge >= 0.3 is 6.03 Å². The topological polar surface area (TPSA) is 87.5 Å². The number of likely N-dealkylation sites (tertiary alicyclic amines) is 1. The van der Waals surface area contributed by atoms with Crippen LogP contribution in [0.5, 0.6) is 0 Å². The Kier molecular flexibility index (Phi) is 5.74. The van der Waals surface area contributed by atoms with E-state index in [1.807, 2.05) is 37.3 Å². The molecular weight excluding hydrogens is 292 g/mol. The molecule has 2 atom stereocenters. The van der Waals surface area contributed by atoms with Gasteiger partial charge in [0.1, 0.15) is 0 Å². The maximum atomic E-state index is 12.2. The smallest absolute Gasteiger partial charge is 0.321 e. The first-order chi connectivity index (χ1) is 10.9. The number of nitrogens with two attached hydrogens (primary N) is 1. The average molecular weight is 318 g/mol. The quantitative estimate of drug-likeness (QED) is 0.758. The molecule has 1 heterocycles. The number of amides is 3. The third-order valence-corrected chi connectivity index (χ3v) is 4.54. The molecule has 1 aromatic rings. The molecule has 0 spiro atoms. The van der Waals surface area contributed by atoms with Gasteiger partial charge in [-0.2, -0.15) is 0 Å². The molecule has 4 N–H and O–H groups in total. The van der Waals surface area contributed by atoms with Crippen molar-refractivity contribution in [3.8, 4) is 0 Å². The van der Waals surface area contributed by atoms with E-state index in [1.165, 1.54) is 0 Å². The predicted molar refractivity (Wildman–Crippen MR) is 89.6 cm³/mol. The zero-order valence-corrected chi connectivity index (χ0v) is 13.8. The molecule has 1 aromatic carbocycles. The van der Waals surface area contributed by atoms with Crippen molar-refractivity contribution in [3.05, 3.63) is 35.9 Å². The van der Waals surface area contributed by atoms with E-state index in [1.54, 1.807) is 0 Å². The van der Waals surface area contributed by atoms with Gasteiger partial charge in [-0.1, -0.05) is 37.3 Å². The van der Waals surface area contributed by atoms with Crippen molar-refractivity contribution in [2.45, 2.75) is 32.9 Å². The molecule has 1 aliphatic heterocycles. The number of nitrogens with zero attached hydrogens (tertiary/aromatic N) is 1. The van der Waals surface area contributed by atoms with Gasteiger partial charge in [-0.15, -0.1) is 0 Å². The van der Waals surface area contributed by atoms with E-state index >= 15 is 0 Å². The minimum absolute atomic E-state index is 0.0596. The summed E-state index contributed by atoms with van der Waals surface area (Å²) in [4.78, 5) is 26.1. The molecule has 0 saturated carbocycles. The first kappa shape index (κ1) is 17.4. The molecule has 2 rings (SSSR count). The van der Waals surface area contributed by atoms with Gasteiger partial charge in [-0.25, -0.2) is 4.79 Å². The highest BCUT2D eigenvalue weighted by Crippen LogP contribution is 2.29. The van der Waals surface area contributed by atoms with Crippen LogP contribution in [-0.4, -0.2) is 42.5 Å². The van der Waals surface area contributed by atoms with Crippen LogP contribution in [0.4, 0.5) is 4.79 Å². The van der Waals surface area contributed by atoms with E-state index in [-0.39, 0.29) is 17.4 Å². The molecule has 2 unspecified atom stereocenters. The monoisotopic (exact) mass is 318 g/mol. The highest BCUT2D eigenvalue weighted by Gasteiger charge is 2.36. The minimum atomic E-state index is -0.466. The second-order valence-corrected chi connectivity index (χ2v) is 6.57. The lowest BCUT2D eigenvalue weighted by molar-refractivity contribution is -0.124. The van der Waals surface area contributed by atoms with Gasteiger partial charge < -0.3 is 11.1 Å². The third kappa shape index (κ3) is 4.77. The average Bonchev–Trinajstić information content (AvgIpc) is 2.96. The van der Waals surface area contributed by atoms with E-state index in [9.17, 15) is 9.59 Å². The van der Waals surface area contributed by atoms with E-state index in [0.717, 1.165) is 25.1 Å². The van der Waals surface area contributed by atoms with Gasteiger partial charge in [-0.05, 0) is 37.4 Å². The number of rotatable bonds is 5. The zero-order valence-electron chi connectivity index (χ0n) is 13.8. The Bertz CT molecular complexity index is 549. The summed E-state index contributed by atoms with van der Waals surface area (Å²) in [5, 5.41) is 5.10. The lowest BCUT2D eigenvalue weighted by Crippen LogP contribution is -2.49. The van der Waals surface area contributed by atoms with Gasteiger partial charge in [0.25, 0.3) is 0 Å². The molecule has 0 aromatic heterocycles. The van der Waals surface area contributed by atoms with Crippen molar-refractivity contribution in [1.29, 1.82) is 0 Å². The third-order valence-electron chi connectivity index (χ3n) is 4.54. The highest BCUT2D eigenvalue weighted by atomic mass is 16.2. The van der Waals surface area contributed by atoms with Gasteiger partial charge in [-0.3, -0.25) is 15.0 Å². The molecule has 1 aliphatic rings. The van der Waals surface area contributed by atoms with Crippen molar-refractivity contribution < 1.29 is 9.59 Å². The summed E-state index contributed by atoms with van der Waals surface area (Å²) in [6.45, 7) is 6.56. The van der Waals surface area contributed by atoms with Crippen LogP contribution >= 0.6 is 0 Å². The lowest BCUT2D eigenvalue weighted by Gasteiger charge is -2.26. The number of urea groups is 1. The molecule has 1 fully saturated rings. The van der Waals surface area contributed by atoms with Crippen molar-refractivity contribution in [1.82, 2.24) is 15.5 Å². The van der Waals surface area contributed by atoms with E-state index < -0.39 is 6.03 Å². The van der Waals surface area contributed by atoms with Crippen LogP contribution in [0.3, 0.4) is 0 Å². The van der Waals surface area contributed by atoms with E-state index in [4.69, 9.17) is 5.73 Å². The molecule has 6 heteroatoms. The second-order valence-electron chi connectivity index (χ2n) is 6.57. The predicted octanol–water partition coefficient (Wildman–Crippen LogP) is 1.07. The highest BCUT2D eigenvalue weighted by molar-refractivity contribution is 5.96. The van der Waals surface area contributed by atoms with Crippen LogP contribution in [-0.2, 0) is 11.3 Å². The second kappa shape index (κ2) is 7.57. The Labute approximate surface area is 137 Å². The first-order valence-corrected chi connectivity index (χ1v) is 8.00. The summed E-state index contributed by atoms with van der Waals surface area (Å²) in [5.41, 5.74) is 6.84. The van der Waals surface area contributed by atoms with Crippen molar-refractivity contribution in [3.63, 3.8) is 0 Å². The van der Waals surface area contributed by atoms with E-state index in [0.29, 0.717) is 13.1 Å². The summed E-state index contributed by atoms with van der Waals surface area (Å²) in [5.74, 6) is -0.281. The summed E-state index contributed by atoms with van der Waals surface area (Å²) in [7, 11) is 0. The van der Waals surface area contributed by atoms with Crippen LogP contribution in [0.1, 0.15) is 25.8 Å². The molecule has 126 valence electrons. The zero-order chi connectivity index (χ0) is 16.9. The van der Waals surface area contributed by atoms with Crippen LogP contribution in [0.2, 0.25) is 0 Å². The molecule has 23 heavy (non-hydrogen) atoms. The molecule has 3 amide bonds. The first-order valence-electron chi connectivity index (χ1n) is 8.00. The fraction of sp³-hybridized carbons (Fsp3) is 0.529. The minimum Gasteiger partial charge on any atom is -0.334 e. The number of benzene rings is 1. The van der Waals surface area contributed by atoms with Crippen molar-refractivity contribution in [2.24, 2.45) is 11.1 Å². The maximum absolute atomic E-state index is 12.2. The largest absolute Gasteiger partial charge is 0.334 e. The normalized spacial score (nSPS) is 22.6. The maximum Gasteiger partial charge on any atom is 0.321 e. The Morgan fingerprint density at radius 2 is 2.04 bits per heavy atom. The summed E-state index contributed by atoms with van der Waals surface area (Å²) < 4.78 is 0. The number of imide groups is 1. The molecule has 0 bridgehead atoms. The Hall–Kier alpha value is -1.92. The fourth-order valence-electron chi connectivity index (χ4n) is 2.76. The van der Waals surface area contributed by atoms with Crippen LogP contribution in [0.25, 0.3) is 0 Å². The molecule has 0 radical (unpaired) electrons. The Balaban J connectivity index is 1.78. The lowest BCUT2D eigenvalue weighted by atomic mass is 9.90. The Morgan fingerprint density at radius 3 is 2.65 bits per heavy atom. The number of hydrogen-bond donors (Lipinski definition) is 3. The van der Waals surface area contributed by atoms with Gasteiger partial charge in [0.05, 0.1) is 6.04 Å². The fourth-order valence-corrected chi connectivity index (χ4v) is 2.76. The molecule has 6 nitrogen and oxygen atoms in total. The standard InChI is InChI=1S/C17H26N4O2/c1-13(21-9-8-17(2,11-18)12-21)15(22)20-16(23)19-10-14-6-4-3-5-7-14/h3-7,13H,8-12,18H2,1-2H3,(H2,19,20,22,23). The molecule has 0 aliphatic carbocycles. The van der Waals surface area contributed by atoms with Crippen LogP contribution < -0.4 is 16.4 Å². The van der Waals surface area contributed by atoms with E-state index in [2.05, 4.69) is 22.5 Å². The van der Waals surface area contributed by atoms with Crippen LogP contribution in [0, 0.1) is 5.41 Å². The SMILES string of the molecule is CC(C(=O)NC(=O)NCc1ccccc1)N1CCC(C)(CN)C1. The molecular formula is C17H26N4O2. The van der Waals surface area contributed by atoms with Gasteiger partial charge in [0.15, 0.2) is 0 Å². The Morgan fingerprint density at radius 1 is 1.35 bits per heavy atom. The number of hydrogen-bond acceptors (Lipinski definition) is 4. The molecule has 1 saturated heterocycles. The van der Waals surface area contributed by atoms with Crippen LogP contribution in [0.15, 0.2) is 30.3 Å². The van der Waals surface area contributed by atoms with Gasteiger partial charge in [0.2, 0.25) is 5.91 Å². The van der Waals surface area contributed by atoms with Crippen molar-refractivity contribution in [2.75, 3.05) is 19.6 Å². The van der Waals surface area contributed by atoms with Gasteiger partial charge in [0, 0.05) is 13.1 Å². The summed E-state index contributed by atoms with van der Waals surface area (Å²) in [6.07, 6.45) is 0.974.